The van der Waals surface area contributed by atoms with Gasteiger partial charge in [-0.2, -0.15) is 0 Å². The lowest BCUT2D eigenvalue weighted by Crippen LogP contribution is -2.29. The van der Waals surface area contributed by atoms with E-state index in [9.17, 15) is 18.8 Å². The number of amides is 3. The molecule has 184 valence electrons. The molecule has 7 nitrogen and oxygen atoms in total. The molecule has 0 aliphatic carbocycles. The van der Waals surface area contributed by atoms with Crippen molar-refractivity contribution in [1.29, 1.82) is 0 Å². The number of fused-ring (bicyclic) bond motifs is 1. The van der Waals surface area contributed by atoms with Gasteiger partial charge in [0.2, 0.25) is 0 Å². The van der Waals surface area contributed by atoms with Gasteiger partial charge in [0.05, 0.1) is 35.5 Å². The van der Waals surface area contributed by atoms with Gasteiger partial charge in [0.25, 0.3) is 17.7 Å². The van der Waals surface area contributed by atoms with E-state index in [0.717, 1.165) is 30.8 Å². The third-order valence-electron chi connectivity index (χ3n) is 6.48. The average molecular weight is 488 g/mol. The van der Waals surface area contributed by atoms with Gasteiger partial charge in [0.1, 0.15) is 17.3 Å². The molecule has 0 aromatic heterocycles. The Morgan fingerprint density at radius 3 is 2.33 bits per heavy atom. The predicted molar refractivity (Wildman–Crippen MR) is 134 cm³/mol. The Labute approximate surface area is 208 Å². The fourth-order valence-corrected chi connectivity index (χ4v) is 4.74. The summed E-state index contributed by atoms with van der Waals surface area (Å²) in [5.74, 6) is -1.48. The maximum absolute atomic E-state index is 14.8. The summed E-state index contributed by atoms with van der Waals surface area (Å²) in [7, 11) is 0. The van der Waals surface area contributed by atoms with Crippen molar-refractivity contribution in [2.45, 2.75) is 26.3 Å². The number of benzene rings is 3. The van der Waals surface area contributed by atoms with Crippen molar-refractivity contribution < 1.29 is 23.5 Å². The topological polar surface area (TPSA) is 78.9 Å². The summed E-state index contributed by atoms with van der Waals surface area (Å²) < 4.78 is 20.5. The van der Waals surface area contributed by atoms with Crippen molar-refractivity contribution in [3.05, 3.63) is 88.7 Å². The van der Waals surface area contributed by atoms with Crippen molar-refractivity contribution in [2.75, 3.05) is 29.9 Å². The molecule has 36 heavy (non-hydrogen) atoms. The van der Waals surface area contributed by atoms with Crippen LogP contribution in [0.25, 0.3) is 0 Å². The lowest BCUT2D eigenvalue weighted by Gasteiger charge is -2.22. The predicted octanol–water partition coefficient (Wildman–Crippen LogP) is 4.87. The second-order valence-electron chi connectivity index (χ2n) is 8.79. The Bertz CT molecular complexity index is 1320. The standard InChI is InChI=1S/C28H26FN3O4/c1-2-36-24-13-12-18(17-32-27(34)19-8-3-4-9-20(19)28(32)35)16-21(24)26(33)30-25-22(29)10-7-11-23(25)31-14-5-6-15-31/h3-4,7-13,16H,2,5-6,14-15,17H2,1H3,(H,30,33). The molecule has 1 saturated heterocycles. The highest BCUT2D eigenvalue weighted by Gasteiger charge is 2.35. The van der Waals surface area contributed by atoms with Crippen LogP contribution in [0.1, 0.15) is 56.4 Å². The van der Waals surface area contributed by atoms with Gasteiger partial charge in [-0.05, 0) is 61.7 Å². The molecule has 0 unspecified atom stereocenters. The normalized spacial score (nSPS) is 14.8. The maximum atomic E-state index is 14.8. The highest BCUT2D eigenvalue weighted by molar-refractivity contribution is 6.21. The van der Waals surface area contributed by atoms with Gasteiger partial charge in [0.15, 0.2) is 0 Å². The second kappa shape index (κ2) is 9.81. The van der Waals surface area contributed by atoms with Gasteiger partial charge >= 0.3 is 0 Å². The smallest absolute Gasteiger partial charge is 0.261 e. The highest BCUT2D eigenvalue weighted by atomic mass is 19.1. The molecule has 1 fully saturated rings. The van der Waals surface area contributed by atoms with Crippen LogP contribution in [0.4, 0.5) is 15.8 Å². The van der Waals surface area contributed by atoms with Gasteiger partial charge in [-0.1, -0.05) is 24.3 Å². The lowest BCUT2D eigenvalue weighted by atomic mass is 10.1. The summed E-state index contributed by atoms with van der Waals surface area (Å²) in [5.41, 5.74) is 2.26. The van der Waals surface area contributed by atoms with Crippen molar-refractivity contribution in [1.82, 2.24) is 4.90 Å². The highest BCUT2D eigenvalue weighted by Crippen LogP contribution is 2.33. The largest absolute Gasteiger partial charge is 0.493 e. The molecule has 1 N–H and O–H groups in total. The molecule has 3 aromatic carbocycles. The van der Waals surface area contributed by atoms with Gasteiger partial charge in [-0.15, -0.1) is 0 Å². The van der Waals surface area contributed by atoms with E-state index in [1.165, 1.54) is 6.07 Å². The van der Waals surface area contributed by atoms with Gasteiger partial charge in [-0.25, -0.2) is 4.39 Å². The molecule has 0 spiro atoms. The van der Waals surface area contributed by atoms with Crippen LogP contribution >= 0.6 is 0 Å². The Kier molecular flexibility index (Phi) is 6.41. The van der Waals surface area contributed by atoms with Crippen LogP contribution < -0.4 is 15.0 Å². The van der Waals surface area contributed by atoms with Gasteiger partial charge < -0.3 is 15.0 Å². The summed E-state index contributed by atoms with van der Waals surface area (Å²) in [5, 5.41) is 2.74. The molecule has 8 heteroatoms. The molecular weight excluding hydrogens is 461 g/mol. The van der Waals surface area contributed by atoms with Crippen LogP contribution in [0.2, 0.25) is 0 Å². The molecule has 2 aliphatic heterocycles. The molecule has 5 rings (SSSR count). The van der Waals surface area contributed by atoms with Crippen LogP contribution in [-0.4, -0.2) is 42.3 Å². The van der Waals surface area contributed by atoms with Gasteiger partial charge in [0, 0.05) is 13.1 Å². The molecule has 3 amide bonds. The number of carbonyl (C=O) groups is 3. The van der Waals surface area contributed by atoms with Crippen molar-refractivity contribution in [3.63, 3.8) is 0 Å². The van der Waals surface area contributed by atoms with E-state index in [-0.39, 0.29) is 29.6 Å². The van der Waals surface area contributed by atoms with Crippen LogP contribution in [0.15, 0.2) is 60.7 Å². The Morgan fingerprint density at radius 1 is 0.972 bits per heavy atom. The van der Waals surface area contributed by atoms with Crippen LogP contribution in [0.3, 0.4) is 0 Å². The number of hydrogen-bond acceptors (Lipinski definition) is 5. The van der Waals surface area contributed by atoms with Crippen LogP contribution in [-0.2, 0) is 6.54 Å². The van der Waals surface area contributed by atoms with Crippen LogP contribution in [0, 0.1) is 5.82 Å². The zero-order chi connectivity index (χ0) is 25.2. The Balaban J connectivity index is 1.43. The number of halogens is 1. The number of rotatable bonds is 7. The Morgan fingerprint density at radius 2 is 1.67 bits per heavy atom. The minimum atomic E-state index is -0.534. The average Bonchev–Trinajstić information content (AvgIpc) is 3.50. The third-order valence-corrected chi connectivity index (χ3v) is 6.48. The summed E-state index contributed by atoms with van der Waals surface area (Å²) in [6.07, 6.45) is 2.02. The van der Waals surface area contributed by atoms with Gasteiger partial charge in [-0.3, -0.25) is 19.3 Å². The summed E-state index contributed by atoms with van der Waals surface area (Å²) in [4.78, 5) is 42.2. The van der Waals surface area contributed by atoms with Crippen molar-refractivity contribution in [2.24, 2.45) is 0 Å². The van der Waals surface area contributed by atoms with Crippen molar-refractivity contribution >= 4 is 29.1 Å². The summed E-state index contributed by atoms with van der Waals surface area (Å²) in [6, 6.07) is 16.4. The number of carbonyl (C=O) groups excluding carboxylic acids is 3. The first-order valence-corrected chi connectivity index (χ1v) is 12.0. The fourth-order valence-electron chi connectivity index (χ4n) is 4.74. The molecular formula is C28H26FN3O4. The molecule has 2 aliphatic rings. The number of para-hydroxylation sites is 1. The summed E-state index contributed by atoms with van der Waals surface area (Å²) >= 11 is 0. The zero-order valence-electron chi connectivity index (χ0n) is 19.9. The van der Waals surface area contributed by atoms with Crippen molar-refractivity contribution in [3.8, 4) is 5.75 Å². The Hall–Kier alpha value is -4.20. The maximum Gasteiger partial charge on any atom is 0.261 e. The fraction of sp³-hybridized carbons (Fsp3) is 0.250. The lowest BCUT2D eigenvalue weighted by molar-refractivity contribution is 0.0642. The van der Waals surface area contributed by atoms with E-state index in [0.29, 0.717) is 34.7 Å². The number of anilines is 2. The quantitative estimate of drug-likeness (QED) is 0.481. The number of nitrogens with one attached hydrogen (secondary N) is 1. The molecule has 2 heterocycles. The first-order valence-electron chi connectivity index (χ1n) is 12.0. The van der Waals surface area contributed by atoms with E-state index in [2.05, 4.69) is 10.2 Å². The first-order chi connectivity index (χ1) is 17.5. The number of nitrogens with zero attached hydrogens (tertiary/aromatic N) is 2. The SMILES string of the molecule is CCOc1ccc(CN2C(=O)c3ccccc3C2=O)cc1C(=O)Nc1c(F)cccc1N1CCCC1. The molecule has 0 bridgehead atoms. The molecule has 3 aromatic rings. The first kappa shape index (κ1) is 23.5. The minimum absolute atomic E-state index is 0.00222. The molecule has 0 saturated carbocycles. The number of ether oxygens (including phenoxy) is 1. The van der Waals surface area contributed by atoms with Crippen LogP contribution in [0.5, 0.6) is 5.75 Å². The minimum Gasteiger partial charge on any atom is -0.493 e. The second-order valence-corrected chi connectivity index (χ2v) is 8.79. The van der Waals surface area contributed by atoms with E-state index < -0.39 is 11.7 Å². The van der Waals surface area contributed by atoms with E-state index in [1.807, 2.05) is 0 Å². The summed E-state index contributed by atoms with van der Waals surface area (Å²) in [6.45, 7) is 3.73. The zero-order valence-corrected chi connectivity index (χ0v) is 19.9. The monoisotopic (exact) mass is 487 g/mol. The molecule has 0 atom stereocenters. The third kappa shape index (κ3) is 4.30. The molecule has 0 radical (unpaired) electrons. The van der Waals surface area contributed by atoms with E-state index in [4.69, 9.17) is 4.74 Å². The van der Waals surface area contributed by atoms with E-state index in [1.54, 1.807) is 61.5 Å². The number of imide groups is 1. The number of hydrogen-bond donors (Lipinski definition) is 1. The van der Waals surface area contributed by atoms with E-state index >= 15 is 0 Å².